The van der Waals surface area contributed by atoms with Crippen molar-refractivity contribution >= 4 is 11.6 Å². The molecule has 2 aromatic rings. The van der Waals surface area contributed by atoms with Crippen molar-refractivity contribution in [3.63, 3.8) is 0 Å². The van der Waals surface area contributed by atoms with Gasteiger partial charge in [0.2, 0.25) is 0 Å². The molecule has 3 rings (SSSR count). The number of pyridine rings is 1. The van der Waals surface area contributed by atoms with Gasteiger partial charge in [0.15, 0.2) is 0 Å². The highest BCUT2D eigenvalue weighted by Gasteiger charge is 2.19. The number of nitrogens with one attached hydrogen (secondary N) is 2. The molecule has 0 aliphatic heterocycles. The first-order valence-electron chi connectivity index (χ1n) is 6.85. The number of anilines is 1. The molecule has 4 nitrogen and oxygen atoms in total. The molecule has 1 aliphatic carbocycles. The molecule has 1 amide bonds. The molecule has 0 atom stereocenters. The maximum absolute atomic E-state index is 12.0. The molecule has 0 saturated heterocycles. The van der Waals surface area contributed by atoms with Gasteiger partial charge in [-0.3, -0.25) is 9.78 Å². The fourth-order valence-corrected chi connectivity index (χ4v) is 1.96. The summed E-state index contributed by atoms with van der Waals surface area (Å²) in [6.45, 7) is 0.890. The van der Waals surface area contributed by atoms with E-state index in [4.69, 9.17) is 0 Å². The molecule has 0 bridgehead atoms. The Morgan fingerprint density at radius 3 is 2.65 bits per heavy atom. The van der Waals surface area contributed by atoms with Gasteiger partial charge in [-0.2, -0.15) is 0 Å². The Labute approximate surface area is 118 Å². The van der Waals surface area contributed by atoms with E-state index in [2.05, 4.69) is 15.6 Å². The Morgan fingerprint density at radius 2 is 2.00 bits per heavy atom. The monoisotopic (exact) mass is 267 g/mol. The Balaban J connectivity index is 1.58. The van der Waals surface area contributed by atoms with Crippen molar-refractivity contribution in [1.29, 1.82) is 0 Å². The first-order valence-corrected chi connectivity index (χ1v) is 6.85. The summed E-state index contributed by atoms with van der Waals surface area (Å²) >= 11 is 0. The van der Waals surface area contributed by atoms with E-state index in [0.717, 1.165) is 12.2 Å². The van der Waals surface area contributed by atoms with E-state index in [0.29, 0.717) is 11.6 Å². The summed E-state index contributed by atoms with van der Waals surface area (Å²) in [5.74, 6) is -0.137. The van der Waals surface area contributed by atoms with Crippen LogP contribution in [0.4, 0.5) is 5.69 Å². The zero-order chi connectivity index (χ0) is 13.8. The minimum Gasteiger partial charge on any atom is -0.322 e. The zero-order valence-electron chi connectivity index (χ0n) is 11.2. The van der Waals surface area contributed by atoms with Crippen LogP contribution in [0.25, 0.3) is 0 Å². The van der Waals surface area contributed by atoms with Gasteiger partial charge in [0.1, 0.15) is 0 Å². The number of amides is 1. The number of carbonyl (C=O) groups is 1. The van der Waals surface area contributed by atoms with Gasteiger partial charge < -0.3 is 10.6 Å². The highest BCUT2D eigenvalue weighted by Crippen LogP contribution is 2.19. The molecule has 0 unspecified atom stereocenters. The second-order valence-corrected chi connectivity index (χ2v) is 5.05. The van der Waals surface area contributed by atoms with Gasteiger partial charge in [-0.05, 0) is 42.7 Å². The molecule has 1 aromatic heterocycles. The number of rotatable bonds is 5. The summed E-state index contributed by atoms with van der Waals surface area (Å²) in [5.41, 5.74) is 2.59. The molecule has 0 spiro atoms. The van der Waals surface area contributed by atoms with Crippen molar-refractivity contribution in [3.05, 3.63) is 59.9 Å². The molecule has 1 fully saturated rings. The molecule has 20 heavy (non-hydrogen) atoms. The first-order chi connectivity index (χ1) is 9.81. The molecule has 4 heteroatoms. The molecule has 0 radical (unpaired) electrons. The Morgan fingerprint density at radius 1 is 1.20 bits per heavy atom. The number of aromatic nitrogens is 1. The summed E-state index contributed by atoms with van der Waals surface area (Å²) in [6.07, 6.45) is 5.79. The number of carbonyl (C=O) groups excluding carboxylic acids is 1. The summed E-state index contributed by atoms with van der Waals surface area (Å²) in [5, 5.41) is 6.33. The van der Waals surface area contributed by atoms with Crippen LogP contribution in [-0.4, -0.2) is 16.9 Å². The molecule has 2 N–H and O–H groups in total. The number of hydrogen-bond donors (Lipinski definition) is 2. The van der Waals surface area contributed by atoms with Gasteiger partial charge in [0.25, 0.3) is 5.91 Å². The predicted molar refractivity (Wildman–Crippen MR) is 78.5 cm³/mol. The van der Waals surface area contributed by atoms with Crippen molar-refractivity contribution in [1.82, 2.24) is 10.3 Å². The topological polar surface area (TPSA) is 54.0 Å². The largest absolute Gasteiger partial charge is 0.322 e. The third-order valence-electron chi connectivity index (χ3n) is 3.31. The average Bonchev–Trinajstić information content (AvgIpc) is 3.32. The highest BCUT2D eigenvalue weighted by molar-refractivity contribution is 6.03. The summed E-state index contributed by atoms with van der Waals surface area (Å²) in [4.78, 5) is 15.9. The lowest BCUT2D eigenvalue weighted by atomic mass is 10.2. The molecular formula is C16H17N3O. The van der Waals surface area contributed by atoms with Crippen LogP contribution in [0.5, 0.6) is 0 Å². The normalized spacial score (nSPS) is 14.0. The maximum atomic E-state index is 12.0. The van der Waals surface area contributed by atoms with Gasteiger partial charge in [-0.15, -0.1) is 0 Å². The summed E-state index contributed by atoms with van der Waals surface area (Å²) < 4.78 is 0. The van der Waals surface area contributed by atoms with Crippen LogP contribution in [0.2, 0.25) is 0 Å². The molecular weight excluding hydrogens is 250 g/mol. The SMILES string of the molecule is O=C(Nc1ccc(CNC2CC2)cc1)c1cccnc1. The van der Waals surface area contributed by atoms with Crippen molar-refractivity contribution < 1.29 is 4.79 Å². The van der Waals surface area contributed by atoms with Gasteiger partial charge in [-0.1, -0.05) is 12.1 Å². The Hall–Kier alpha value is -2.20. The van der Waals surface area contributed by atoms with Crippen molar-refractivity contribution in [3.8, 4) is 0 Å². The van der Waals surface area contributed by atoms with Crippen molar-refractivity contribution in [2.24, 2.45) is 0 Å². The van der Waals surface area contributed by atoms with Crippen LogP contribution in [0.1, 0.15) is 28.8 Å². The van der Waals surface area contributed by atoms with Crippen LogP contribution < -0.4 is 10.6 Å². The Bertz CT molecular complexity index is 576. The average molecular weight is 267 g/mol. The number of hydrogen-bond acceptors (Lipinski definition) is 3. The van der Waals surface area contributed by atoms with Gasteiger partial charge in [0, 0.05) is 30.7 Å². The lowest BCUT2D eigenvalue weighted by molar-refractivity contribution is 0.102. The van der Waals surface area contributed by atoms with Crippen molar-refractivity contribution in [2.45, 2.75) is 25.4 Å². The smallest absolute Gasteiger partial charge is 0.257 e. The summed E-state index contributed by atoms with van der Waals surface area (Å²) in [6, 6.07) is 12.1. The number of benzene rings is 1. The van der Waals surface area contributed by atoms with E-state index >= 15 is 0 Å². The molecule has 1 aromatic carbocycles. The van der Waals surface area contributed by atoms with Crippen LogP contribution in [-0.2, 0) is 6.54 Å². The van der Waals surface area contributed by atoms with Crippen LogP contribution in [0, 0.1) is 0 Å². The van der Waals surface area contributed by atoms with Gasteiger partial charge in [-0.25, -0.2) is 0 Å². The predicted octanol–water partition coefficient (Wildman–Crippen LogP) is 2.59. The lowest BCUT2D eigenvalue weighted by Gasteiger charge is -2.07. The quantitative estimate of drug-likeness (QED) is 0.875. The van der Waals surface area contributed by atoms with Crippen LogP contribution in [0.15, 0.2) is 48.8 Å². The molecule has 102 valence electrons. The Kier molecular flexibility index (Phi) is 3.74. The fourth-order valence-electron chi connectivity index (χ4n) is 1.96. The number of nitrogens with zero attached hydrogens (tertiary/aromatic N) is 1. The third-order valence-corrected chi connectivity index (χ3v) is 3.31. The van der Waals surface area contributed by atoms with Gasteiger partial charge in [0.05, 0.1) is 5.56 Å². The standard InChI is InChI=1S/C16H17N3O/c20-16(13-2-1-9-17-11-13)19-15-5-3-12(4-6-15)10-18-14-7-8-14/h1-6,9,11,14,18H,7-8,10H2,(H,19,20). The van der Waals surface area contributed by atoms with Crippen LogP contribution >= 0.6 is 0 Å². The third kappa shape index (κ3) is 3.42. The fraction of sp³-hybridized carbons (Fsp3) is 0.250. The zero-order valence-corrected chi connectivity index (χ0v) is 11.2. The highest BCUT2D eigenvalue weighted by atomic mass is 16.1. The van der Waals surface area contributed by atoms with E-state index in [1.165, 1.54) is 18.4 Å². The van der Waals surface area contributed by atoms with Crippen LogP contribution in [0.3, 0.4) is 0 Å². The summed E-state index contributed by atoms with van der Waals surface area (Å²) in [7, 11) is 0. The lowest BCUT2D eigenvalue weighted by Crippen LogP contribution is -2.15. The van der Waals surface area contributed by atoms with E-state index in [9.17, 15) is 4.79 Å². The van der Waals surface area contributed by atoms with E-state index in [1.807, 2.05) is 24.3 Å². The van der Waals surface area contributed by atoms with E-state index in [1.54, 1.807) is 24.5 Å². The second kappa shape index (κ2) is 5.84. The molecule has 1 aliphatic rings. The van der Waals surface area contributed by atoms with Crippen molar-refractivity contribution in [2.75, 3.05) is 5.32 Å². The minimum atomic E-state index is -0.137. The molecule has 1 saturated carbocycles. The second-order valence-electron chi connectivity index (χ2n) is 5.05. The van der Waals surface area contributed by atoms with E-state index < -0.39 is 0 Å². The van der Waals surface area contributed by atoms with Gasteiger partial charge >= 0.3 is 0 Å². The molecule has 1 heterocycles. The first kappa shape index (κ1) is 12.8. The maximum Gasteiger partial charge on any atom is 0.257 e. The minimum absolute atomic E-state index is 0.137. The van der Waals surface area contributed by atoms with E-state index in [-0.39, 0.29) is 5.91 Å².